The summed E-state index contributed by atoms with van der Waals surface area (Å²) in [6.45, 7) is 1.84. The summed E-state index contributed by atoms with van der Waals surface area (Å²) in [6.07, 6.45) is 1.04. The van der Waals surface area contributed by atoms with Crippen LogP contribution in [0.25, 0.3) is 0 Å². The Balaban J connectivity index is 1.69. The normalized spacial score (nSPS) is 16.3. The number of hydrogen-bond acceptors (Lipinski definition) is 5. The third-order valence-corrected chi connectivity index (χ3v) is 6.96. The maximum absolute atomic E-state index is 12.8. The lowest BCUT2D eigenvalue weighted by atomic mass is 10.2. The number of rotatable bonds is 5. The summed E-state index contributed by atoms with van der Waals surface area (Å²) >= 11 is 6.02. The highest BCUT2D eigenvalue weighted by atomic mass is 35.5. The minimum Gasteiger partial charge on any atom is -0.369 e. The topological polar surface area (TPSA) is 86.8 Å². The van der Waals surface area contributed by atoms with Gasteiger partial charge in [0.1, 0.15) is 0 Å². The zero-order valence-corrected chi connectivity index (χ0v) is 17.1. The Morgan fingerprint density at radius 3 is 2.11 bits per heavy atom. The second-order valence-electron chi connectivity index (χ2n) is 6.27. The van der Waals surface area contributed by atoms with Gasteiger partial charge in [-0.3, -0.25) is 4.72 Å². The maximum Gasteiger partial charge on any atom is 0.243 e. The lowest BCUT2D eigenvalue weighted by molar-refractivity contribution is 0.385. The van der Waals surface area contributed by atoms with E-state index >= 15 is 0 Å². The van der Waals surface area contributed by atoms with Crippen LogP contribution in [0, 0.1) is 0 Å². The van der Waals surface area contributed by atoms with Gasteiger partial charge in [0.15, 0.2) is 0 Å². The quantitative estimate of drug-likeness (QED) is 0.787. The molecule has 0 saturated carbocycles. The van der Waals surface area contributed by atoms with E-state index in [1.165, 1.54) is 28.6 Å². The summed E-state index contributed by atoms with van der Waals surface area (Å²) in [5.41, 5.74) is 1.29. The molecule has 0 unspecified atom stereocenters. The standard InChI is InChI=1S/C17H20ClN3O4S2/c1-26(22,23)19-15-5-7-17(8-6-15)27(24,25)21-11-9-20(10-12-21)16-4-2-3-14(18)13-16/h2-8,13,19H,9-12H2,1H3. The zero-order valence-electron chi connectivity index (χ0n) is 14.7. The summed E-state index contributed by atoms with van der Waals surface area (Å²) in [6, 6.07) is 13.2. The van der Waals surface area contributed by atoms with Crippen LogP contribution in [0.15, 0.2) is 53.4 Å². The van der Waals surface area contributed by atoms with E-state index in [-0.39, 0.29) is 4.90 Å². The van der Waals surface area contributed by atoms with E-state index in [1.807, 2.05) is 18.2 Å². The summed E-state index contributed by atoms with van der Waals surface area (Å²) in [5.74, 6) is 0. The number of anilines is 2. The Kier molecular flexibility index (Phi) is 5.66. The number of halogens is 1. The number of nitrogens with one attached hydrogen (secondary N) is 1. The van der Waals surface area contributed by atoms with Crippen LogP contribution in [0.4, 0.5) is 11.4 Å². The summed E-state index contributed by atoms with van der Waals surface area (Å²) in [4.78, 5) is 2.23. The predicted octanol–water partition coefficient (Wildman–Crippen LogP) is 2.22. The monoisotopic (exact) mass is 429 g/mol. The van der Waals surface area contributed by atoms with Crippen molar-refractivity contribution in [3.8, 4) is 0 Å². The highest BCUT2D eigenvalue weighted by molar-refractivity contribution is 7.92. The van der Waals surface area contributed by atoms with Crippen molar-refractivity contribution in [3.05, 3.63) is 53.6 Å². The van der Waals surface area contributed by atoms with Crippen LogP contribution in [-0.4, -0.2) is 53.6 Å². The van der Waals surface area contributed by atoms with Crippen molar-refractivity contribution in [3.63, 3.8) is 0 Å². The van der Waals surface area contributed by atoms with E-state index in [9.17, 15) is 16.8 Å². The molecule has 10 heteroatoms. The first-order valence-corrected chi connectivity index (χ1v) is 11.9. The fourth-order valence-electron chi connectivity index (χ4n) is 2.92. The molecule has 146 valence electrons. The molecule has 0 radical (unpaired) electrons. The molecule has 7 nitrogen and oxygen atoms in total. The van der Waals surface area contributed by atoms with Gasteiger partial charge in [-0.15, -0.1) is 0 Å². The lowest BCUT2D eigenvalue weighted by Gasteiger charge is -2.35. The Bertz CT molecular complexity index is 1020. The highest BCUT2D eigenvalue weighted by Gasteiger charge is 2.28. The van der Waals surface area contributed by atoms with E-state index in [0.717, 1.165) is 11.9 Å². The van der Waals surface area contributed by atoms with Gasteiger partial charge in [-0.25, -0.2) is 16.8 Å². The first-order valence-electron chi connectivity index (χ1n) is 8.24. The number of nitrogens with zero attached hydrogens (tertiary/aromatic N) is 2. The fourth-order valence-corrected chi connectivity index (χ4v) is 5.09. The van der Waals surface area contributed by atoms with Gasteiger partial charge in [-0.2, -0.15) is 4.31 Å². The molecule has 0 aliphatic carbocycles. The second-order valence-corrected chi connectivity index (χ2v) is 10.4. The molecule has 0 atom stereocenters. The molecule has 1 fully saturated rings. The molecule has 1 heterocycles. The van der Waals surface area contributed by atoms with Crippen molar-refractivity contribution in [2.45, 2.75) is 4.90 Å². The Labute approximate surface area is 164 Å². The van der Waals surface area contributed by atoms with Crippen LogP contribution < -0.4 is 9.62 Å². The molecule has 0 aromatic heterocycles. The molecule has 1 saturated heterocycles. The molecule has 3 rings (SSSR count). The van der Waals surface area contributed by atoms with E-state index in [4.69, 9.17) is 11.6 Å². The number of hydrogen-bond donors (Lipinski definition) is 1. The van der Waals surface area contributed by atoms with Crippen molar-refractivity contribution in [2.75, 3.05) is 42.1 Å². The Morgan fingerprint density at radius 2 is 1.56 bits per heavy atom. The number of piperazine rings is 1. The zero-order chi connectivity index (χ0) is 19.7. The van der Waals surface area contributed by atoms with Gasteiger partial charge in [-0.1, -0.05) is 17.7 Å². The van der Waals surface area contributed by atoms with Crippen LogP contribution in [0.1, 0.15) is 0 Å². The third kappa shape index (κ3) is 4.92. The number of sulfonamides is 2. The predicted molar refractivity (Wildman–Crippen MR) is 107 cm³/mol. The van der Waals surface area contributed by atoms with Crippen LogP contribution >= 0.6 is 11.6 Å². The van der Waals surface area contributed by atoms with Gasteiger partial charge in [0.2, 0.25) is 20.0 Å². The molecule has 27 heavy (non-hydrogen) atoms. The van der Waals surface area contributed by atoms with Crippen molar-refractivity contribution in [2.24, 2.45) is 0 Å². The highest BCUT2D eigenvalue weighted by Crippen LogP contribution is 2.24. The van der Waals surface area contributed by atoms with E-state index in [1.54, 1.807) is 6.07 Å². The molecule has 1 aliphatic rings. The fraction of sp³-hybridized carbons (Fsp3) is 0.294. The molecular weight excluding hydrogens is 410 g/mol. The van der Waals surface area contributed by atoms with Crippen molar-refractivity contribution in [1.29, 1.82) is 0 Å². The lowest BCUT2D eigenvalue weighted by Crippen LogP contribution is -2.48. The van der Waals surface area contributed by atoms with Gasteiger partial charge in [0.05, 0.1) is 11.2 Å². The molecule has 0 spiro atoms. The van der Waals surface area contributed by atoms with Crippen molar-refractivity contribution < 1.29 is 16.8 Å². The smallest absolute Gasteiger partial charge is 0.243 e. The van der Waals surface area contributed by atoms with Gasteiger partial charge in [-0.05, 0) is 42.5 Å². The van der Waals surface area contributed by atoms with Crippen LogP contribution in [0.3, 0.4) is 0 Å². The van der Waals surface area contributed by atoms with Crippen LogP contribution in [0.2, 0.25) is 5.02 Å². The van der Waals surface area contributed by atoms with Crippen molar-refractivity contribution >= 4 is 43.0 Å². The van der Waals surface area contributed by atoms with Crippen LogP contribution in [-0.2, 0) is 20.0 Å². The van der Waals surface area contributed by atoms with E-state index in [0.29, 0.717) is 36.9 Å². The van der Waals surface area contributed by atoms with Gasteiger partial charge in [0.25, 0.3) is 0 Å². The largest absolute Gasteiger partial charge is 0.369 e. The molecule has 2 aromatic carbocycles. The summed E-state index contributed by atoms with van der Waals surface area (Å²) < 4.78 is 51.9. The minimum absolute atomic E-state index is 0.137. The summed E-state index contributed by atoms with van der Waals surface area (Å²) in [7, 11) is -7.04. The van der Waals surface area contributed by atoms with Gasteiger partial charge >= 0.3 is 0 Å². The number of benzene rings is 2. The molecule has 0 amide bonds. The van der Waals surface area contributed by atoms with E-state index in [2.05, 4.69) is 9.62 Å². The first kappa shape index (κ1) is 19.9. The van der Waals surface area contributed by atoms with Crippen LogP contribution in [0.5, 0.6) is 0 Å². The molecule has 0 bridgehead atoms. The second kappa shape index (κ2) is 7.67. The third-order valence-electron chi connectivity index (χ3n) is 4.21. The van der Waals surface area contributed by atoms with Crippen molar-refractivity contribution in [1.82, 2.24) is 4.31 Å². The molecule has 2 aromatic rings. The summed E-state index contributed by atoms with van der Waals surface area (Å²) in [5, 5.41) is 0.644. The van der Waals surface area contributed by atoms with Gasteiger partial charge in [0, 0.05) is 42.6 Å². The molecular formula is C17H20ClN3O4S2. The Morgan fingerprint density at radius 1 is 0.926 bits per heavy atom. The average molecular weight is 430 g/mol. The molecule has 1 aliphatic heterocycles. The first-order chi connectivity index (χ1) is 12.6. The van der Waals surface area contributed by atoms with Gasteiger partial charge < -0.3 is 4.90 Å². The molecule has 1 N–H and O–H groups in total. The average Bonchev–Trinajstić information content (AvgIpc) is 2.61. The van der Waals surface area contributed by atoms with E-state index < -0.39 is 20.0 Å². The SMILES string of the molecule is CS(=O)(=O)Nc1ccc(S(=O)(=O)N2CCN(c3cccc(Cl)c3)CC2)cc1. The minimum atomic E-state index is -3.63. The maximum atomic E-state index is 12.8. The Hall–Kier alpha value is -1.81.